The number of ether oxygens (including phenoxy) is 1. The number of anilines is 1. The Bertz CT molecular complexity index is 821. The molecule has 1 atom stereocenters. The van der Waals surface area contributed by atoms with Crippen molar-refractivity contribution in [2.75, 3.05) is 30.0 Å². The van der Waals surface area contributed by atoms with Crippen molar-refractivity contribution >= 4 is 33.3 Å². The van der Waals surface area contributed by atoms with E-state index >= 15 is 0 Å². The maximum atomic E-state index is 12.5. The molecule has 2 rings (SSSR count). The first kappa shape index (κ1) is 20.9. The number of nitrogens with zero attached hydrogens (tertiary/aromatic N) is 1. The van der Waals surface area contributed by atoms with E-state index in [2.05, 4.69) is 5.32 Å². The predicted octanol–water partition coefficient (Wildman–Crippen LogP) is 1.23. The van der Waals surface area contributed by atoms with Crippen LogP contribution < -0.4 is 5.32 Å². The van der Waals surface area contributed by atoms with Gasteiger partial charge in [0.1, 0.15) is 6.42 Å². The quantitative estimate of drug-likeness (QED) is 0.548. The van der Waals surface area contributed by atoms with Crippen molar-refractivity contribution in [1.29, 1.82) is 0 Å². The Morgan fingerprint density at radius 1 is 1.22 bits per heavy atom. The lowest BCUT2D eigenvalue weighted by atomic mass is 10.1. The van der Waals surface area contributed by atoms with Gasteiger partial charge in [-0.3, -0.25) is 9.59 Å². The maximum absolute atomic E-state index is 12.5. The Morgan fingerprint density at radius 3 is 2.52 bits per heavy atom. The first-order valence-electron chi connectivity index (χ1n) is 8.83. The lowest BCUT2D eigenvalue weighted by Gasteiger charge is -2.26. The van der Waals surface area contributed by atoms with Crippen LogP contribution in [-0.4, -0.2) is 61.8 Å². The van der Waals surface area contributed by atoms with E-state index in [-0.39, 0.29) is 29.4 Å². The number of nitrogens with one attached hydrogen (secondary N) is 1. The summed E-state index contributed by atoms with van der Waals surface area (Å²) >= 11 is 0. The average molecular weight is 396 g/mol. The van der Waals surface area contributed by atoms with Gasteiger partial charge in [-0.05, 0) is 32.4 Å². The number of para-hydroxylation sites is 1. The zero-order valence-corrected chi connectivity index (χ0v) is 16.3. The number of sulfone groups is 1. The number of amides is 2. The van der Waals surface area contributed by atoms with Crippen LogP contribution in [0.1, 0.15) is 37.0 Å². The molecule has 0 radical (unpaired) electrons. The highest BCUT2D eigenvalue weighted by Crippen LogP contribution is 2.20. The fourth-order valence-corrected chi connectivity index (χ4v) is 4.80. The van der Waals surface area contributed by atoms with Gasteiger partial charge in [0.15, 0.2) is 9.84 Å². The largest absolute Gasteiger partial charge is 0.462 e. The zero-order chi connectivity index (χ0) is 20.0. The minimum absolute atomic E-state index is 0.0561. The fourth-order valence-electron chi connectivity index (χ4n) is 3.07. The van der Waals surface area contributed by atoms with Crippen LogP contribution in [0.5, 0.6) is 0 Å². The lowest BCUT2D eigenvalue weighted by molar-refractivity contribution is -0.135. The minimum atomic E-state index is -3.13. The lowest BCUT2D eigenvalue weighted by Crippen LogP contribution is -2.42. The SMILES string of the molecule is CCOC(=O)c1ccccc1NC(=O)CC(=O)N(CC)C1CCS(=O)(=O)C1. The monoisotopic (exact) mass is 396 g/mol. The molecule has 1 heterocycles. The Morgan fingerprint density at radius 2 is 1.93 bits per heavy atom. The second kappa shape index (κ2) is 8.98. The highest BCUT2D eigenvalue weighted by molar-refractivity contribution is 7.91. The van der Waals surface area contributed by atoms with Gasteiger partial charge >= 0.3 is 5.97 Å². The van der Waals surface area contributed by atoms with Gasteiger partial charge < -0.3 is 15.0 Å². The summed E-state index contributed by atoms with van der Waals surface area (Å²) in [5.74, 6) is -1.59. The standard InChI is InChI=1S/C18H24N2O6S/c1-3-20(13-9-10-27(24,25)12-13)17(22)11-16(21)19-15-8-6-5-7-14(15)18(23)26-4-2/h5-8,13H,3-4,9-12H2,1-2H3,(H,19,21). The molecule has 1 aromatic rings. The highest BCUT2D eigenvalue weighted by Gasteiger charge is 2.34. The van der Waals surface area contributed by atoms with E-state index < -0.39 is 40.1 Å². The molecule has 2 amide bonds. The molecule has 1 N–H and O–H groups in total. The van der Waals surface area contributed by atoms with Crippen molar-refractivity contribution in [2.45, 2.75) is 32.7 Å². The molecule has 8 nitrogen and oxygen atoms in total. The van der Waals surface area contributed by atoms with Crippen LogP contribution in [0.3, 0.4) is 0 Å². The van der Waals surface area contributed by atoms with E-state index in [0.29, 0.717) is 13.0 Å². The van der Waals surface area contributed by atoms with Crippen LogP contribution in [0.15, 0.2) is 24.3 Å². The van der Waals surface area contributed by atoms with E-state index in [0.717, 1.165) is 0 Å². The number of rotatable bonds is 7. The molecule has 1 fully saturated rings. The second-order valence-electron chi connectivity index (χ2n) is 6.23. The van der Waals surface area contributed by atoms with Crippen molar-refractivity contribution in [3.63, 3.8) is 0 Å². The van der Waals surface area contributed by atoms with Crippen molar-refractivity contribution in [2.24, 2.45) is 0 Å². The van der Waals surface area contributed by atoms with Gasteiger partial charge in [0.25, 0.3) is 0 Å². The van der Waals surface area contributed by atoms with E-state index in [4.69, 9.17) is 4.74 Å². The third kappa shape index (κ3) is 5.53. The van der Waals surface area contributed by atoms with Gasteiger partial charge in [0, 0.05) is 12.6 Å². The van der Waals surface area contributed by atoms with Gasteiger partial charge in [-0.25, -0.2) is 13.2 Å². The van der Waals surface area contributed by atoms with Crippen LogP contribution >= 0.6 is 0 Å². The van der Waals surface area contributed by atoms with Gasteiger partial charge in [-0.1, -0.05) is 12.1 Å². The zero-order valence-electron chi connectivity index (χ0n) is 15.4. The normalized spacial score (nSPS) is 17.9. The molecule has 1 aliphatic rings. The first-order valence-corrected chi connectivity index (χ1v) is 10.7. The molecule has 0 spiro atoms. The number of carbonyl (C=O) groups is 3. The third-order valence-corrected chi connectivity index (χ3v) is 6.07. The van der Waals surface area contributed by atoms with Crippen LogP contribution in [0.2, 0.25) is 0 Å². The molecular weight excluding hydrogens is 372 g/mol. The van der Waals surface area contributed by atoms with Crippen LogP contribution in [0, 0.1) is 0 Å². The fraction of sp³-hybridized carbons (Fsp3) is 0.500. The number of carbonyl (C=O) groups excluding carboxylic acids is 3. The summed E-state index contributed by atoms with van der Waals surface area (Å²) in [7, 11) is -3.13. The molecular formula is C18H24N2O6S. The van der Waals surface area contributed by atoms with Gasteiger partial charge in [-0.15, -0.1) is 0 Å². The predicted molar refractivity (Wildman–Crippen MR) is 100 cm³/mol. The number of hydrogen-bond acceptors (Lipinski definition) is 6. The van der Waals surface area contributed by atoms with E-state index in [1.165, 1.54) is 11.0 Å². The molecule has 27 heavy (non-hydrogen) atoms. The summed E-state index contributed by atoms with van der Waals surface area (Å²) in [6, 6.07) is 5.98. The minimum Gasteiger partial charge on any atom is -0.462 e. The van der Waals surface area contributed by atoms with Gasteiger partial charge in [0.2, 0.25) is 11.8 Å². The summed E-state index contributed by atoms with van der Waals surface area (Å²) in [6.07, 6.45) is -0.0449. The van der Waals surface area contributed by atoms with Crippen molar-refractivity contribution in [3.05, 3.63) is 29.8 Å². The first-order chi connectivity index (χ1) is 12.8. The summed E-state index contributed by atoms with van der Waals surface area (Å²) in [5.41, 5.74) is 0.467. The summed E-state index contributed by atoms with van der Waals surface area (Å²) in [4.78, 5) is 38.1. The molecule has 1 unspecified atom stereocenters. The second-order valence-corrected chi connectivity index (χ2v) is 8.46. The van der Waals surface area contributed by atoms with Crippen LogP contribution in [0.4, 0.5) is 5.69 Å². The Hall–Kier alpha value is -2.42. The smallest absolute Gasteiger partial charge is 0.340 e. The van der Waals surface area contributed by atoms with Gasteiger partial charge in [0.05, 0.1) is 29.4 Å². The molecule has 148 valence electrons. The number of benzene rings is 1. The Balaban J connectivity index is 2.03. The molecule has 0 aliphatic carbocycles. The number of esters is 1. The van der Waals surface area contributed by atoms with Crippen molar-refractivity contribution in [3.8, 4) is 0 Å². The topological polar surface area (TPSA) is 110 Å². The maximum Gasteiger partial charge on any atom is 0.340 e. The summed E-state index contributed by atoms with van der Waals surface area (Å²) < 4.78 is 28.2. The third-order valence-electron chi connectivity index (χ3n) is 4.32. The molecule has 1 aliphatic heterocycles. The van der Waals surface area contributed by atoms with Crippen LogP contribution in [-0.2, 0) is 24.2 Å². The molecule has 1 aromatic carbocycles. The molecule has 9 heteroatoms. The van der Waals surface area contributed by atoms with Crippen molar-refractivity contribution in [1.82, 2.24) is 4.90 Å². The molecule has 0 saturated carbocycles. The summed E-state index contributed by atoms with van der Waals surface area (Å²) in [5, 5.41) is 2.56. The van der Waals surface area contributed by atoms with Crippen LogP contribution in [0.25, 0.3) is 0 Å². The highest BCUT2D eigenvalue weighted by atomic mass is 32.2. The average Bonchev–Trinajstić information content (AvgIpc) is 2.95. The molecule has 0 bridgehead atoms. The Kier molecular flexibility index (Phi) is 6.95. The van der Waals surface area contributed by atoms with E-state index in [1.54, 1.807) is 32.0 Å². The summed E-state index contributed by atoms with van der Waals surface area (Å²) in [6.45, 7) is 3.96. The van der Waals surface area contributed by atoms with E-state index in [9.17, 15) is 22.8 Å². The van der Waals surface area contributed by atoms with Crippen molar-refractivity contribution < 1.29 is 27.5 Å². The van der Waals surface area contributed by atoms with E-state index in [1.807, 2.05) is 0 Å². The Labute approximate surface area is 158 Å². The molecule has 0 aromatic heterocycles. The number of hydrogen-bond donors (Lipinski definition) is 1. The van der Waals surface area contributed by atoms with Gasteiger partial charge in [-0.2, -0.15) is 0 Å². The molecule has 1 saturated heterocycles.